The van der Waals surface area contributed by atoms with Crippen molar-refractivity contribution >= 4 is 32.4 Å². The molecule has 2 rings (SSSR count). The number of alkyl halides is 1. The molecule has 0 saturated carbocycles. The Morgan fingerprint density at radius 2 is 2.00 bits per heavy atom. The molecule has 1 heterocycles. The van der Waals surface area contributed by atoms with E-state index < -0.39 is 9.84 Å². The highest BCUT2D eigenvalue weighted by Gasteiger charge is 2.29. The summed E-state index contributed by atoms with van der Waals surface area (Å²) in [6.07, 6.45) is 2.61. The van der Waals surface area contributed by atoms with Crippen molar-refractivity contribution in [2.45, 2.75) is 27.4 Å². The SMILES string of the molecule is O=S1(=O)c2ccccc2CCCC1I. The Bertz CT molecular complexity index is 439. The average Bonchev–Trinajstić information content (AvgIpc) is 2.27. The predicted octanol–water partition coefficient (Wildman–Crippen LogP) is 2.56. The molecule has 0 radical (unpaired) electrons. The maximum Gasteiger partial charge on any atom is 0.190 e. The van der Waals surface area contributed by atoms with E-state index in [4.69, 9.17) is 0 Å². The van der Waals surface area contributed by atoms with Gasteiger partial charge in [0.05, 0.1) is 4.90 Å². The number of fused-ring (bicyclic) bond motifs is 1. The van der Waals surface area contributed by atoms with Crippen LogP contribution in [0.2, 0.25) is 0 Å². The summed E-state index contributed by atoms with van der Waals surface area (Å²) in [5.74, 6) is 0. The van der Waals surface area contributed by atoms with E-state index >= 15 is 0 Å². The summed E-state index contributed by atoms with van der Waals surface area (Å²) >= 11 is 2.03. The van der Waals surface area contributed by atoms with Crippen LogP contribution in [0.25, 0.3) is 0 Å². The van der Waals surface area contributed by atoms with E-state index in [-0.39, 0.29) is 3.26 Å². The van der Waals surface area contributed by atoms with Gasteiger partial charge in [0.15, 0.2) is 9.84 Å². The Morgan fingerprint density at radius 1 is 1.29 bits per heavy atom. The second-order valence-electron chi connectivity index (χ2n) is 3.46. The lowest BCUT2D eigenvalue weighted by Gasteiger charge is -2.08. The van der Waals surface area contributed by atoms with Crippen molar-refractivity contribution in [1.82, 2.24) is 0 Å². The van der Waals surface area contributed by atoms with E-state index in [1.807, 2.05) is 34.7 Å². The molecule has 0 saturated heterocycles. The van der Waals surface area contributed by atoms with Crippen LogP contribution in [0.15, 0.2) is 29.2 Å². The third-order valence-corrected chi connectivity index (χ3v) is 7.04. The lowest BCUT2D eigenvalue weighted by molar-refractivity contribution is 0.593. The number of hydrogen-bond acceptors (Lipinski definition) is 2. The summed E-state index contributed by atoms with van der Waals surface area (Å²) in [7, 11) is -3.07. The number of rotatable bonds is 0. The molecule has 1 aromatic rings. The van der Waals surface area contributed by atoms with Crippen molar-refractivity contribution < 1.29 is 8.42 Å². The minimum absolute atomic E-state index is 0.260. The molecule has 1 aliphatic rings. The van der Waals surface area contributed by atoms with Crippen molar-refractivity contribution in [2.75, 3.05) is 0 Å². The van der Waals surface area contributed by atoms with Crippen LogP contribution < -0.4 is 0 Å². The molecule has 0 N–H and O–H groups in total. The molecule has 1 unspecified atom stereocenters. The molecule has 0 aromatic heterocycles. The molecule has 76 valence electrons. The van der Waals surface area contributed by atoms with Gasteiger partial charge < -0.3 is 0 Å². The first kappa shape index (κ1) is 10.4. The molecule has 0 aliphatic carbocycles. The summed E-state index contributed by atoms with van der Waals surface area (Å²) in [5.41, 5.74) is 0.978. The maximum absolute atomic E-state index is 12.0. The summed E-state index contributed by atoms with van der Waals surface area (Å²) in [6, 6.07) is 7.34. The van der Waals surface area contributed by atoms with Gasteiger partial charge in [-0.3, -0.25) is 0 Å². The third-order valence-electron chi connectivity index (χ3n) is 2.49. The summed E-state index contributed by atoms with van der Waals surface area (Å²) in [6.45, 7) is 0. The second kappa shape index (κ2) is 3.81. The minimum atomic E-state index is -3.07. The van der Waals surface area contributed by atoms with Gasteiger partial charge in [0.25, 0.3) is 0 Å². The Kier molecular flexibility index (Phi) is 2.83. The number of sulfone groups is 1. The molecule has 2 nitrogen and oxygen atoms in total. The number of aryl methyl sites for hydroxylation is 1. The molecule has 0 spiro atoms. The Hall–Kier alpha value is -0.100. The fourth-order valence-electron chi connectivity index (χ4n) is 1.73. The Labute approximate surface area is 97.8 Å². The zero-order chi connectivity index (χ0) is 10.2. The van der Waals surface area contributed by atoms with Gasteiger partial charge in [0.1, 0.15) is 3.26 Å². The van der Waals surface area contributed by atoms with E-state index in [1.54, 1.807) is 12.1 Å². The van der Waals surface area contributed by atoms with Crippen LogP contribution in [-0.4, -0.2) is 11.7 Å². The minimum Gasteiger partial charge on any atom is -0.223 e. The lowest BCUT2D eigenvalue weighted by Crippen LogP contribution is -2.13. The van der Waals surface area contributed by atoms with Crippen LogP contribution in [0, 0.1) is 0 Å². The zero-order valence-electron chi connectivity index (χ0n) is 7.61. The van der Waals surface area contributed by atoms with Crippen molar-refractivity contribution in [2.24, 2.45) is 0 Å². The van der Waals surface area contributed by atoms with Crippen LogP contribution in [0.4, 0.5) is 0 Å². The van der Waals surface area contributed by atoms with Gasteiger partial charge in [-0.05, 0) is 30.9 Å². The first-order valence-electron chi connectivity index (χ1n) is 4.58. The molecule has 0 fully saturated rings. The van der Waals surface area contributed by atoms with E-state index in [0.29, 0.717) is 4.90 Å². The molecule has 1 aliphatic heterocycles. The molecular weight excluding hydrogens is 311 g/mol. The highest BCUT2D eigenvalue weighted by Crippen LogP contribution is 2.31. The largest absolute Gasteiger partial charge is 0.223 e. The van der Waals surface area contributed by atoms with Gasteiger partial charge in [0.2, 0.25) is 0 Å². The monoisotopic (exact) mass is 322 g/mol. The second-order valence-corrected chi connectivity index (χ2v) is 7.90. The zero-order valence-corrected chi connectivity index (χ0v) is 10.6. The standard InChI is InChI=1S/C10H11IO2S/c11-10-7-3-5-8-4-1-2-6-9(8)14(10,12)13/h1-2,4,6,10H,3,5,7H2. The van der Waals surface area contributed by atoms with Gasteiger partial charge in [-0.15, -0.1) is 0 Å². The smallest absolute Gasteiger partial charge is 0.190 e. The van der Waals surface area contributed by atoms with Gasteiger partial charge in [0, 0.05) is 0 Å². The molecule has 0 bridgehead atoms. The van der Waals surface area contributed by atoms with Crippen LogP contribution in [0.1, 0.15) is 18.4 Å². The summed E-state index contributed by atoms with van der Waals surface area (Å²) in [5, 5.41) is 0. The normalized spacial score (nSPS) is 25.1. The van der Waals surface area contributed by atoms with Crippen molar-refractivity contribution in [1.29, 1.82) is 0 Å². The maximum atomic E-state index is 12.0. The molecule has 0 amide bonds. The average molecular weight is 322 g/mol. The lowest BCUT2D eigenvalue weighted by atomic mass is 10.1. The molecule has 1 atom stereocenters. The number of hydrogen-bond donors (Lipinski definition) is 0. The van der Waals surface area contributed by atoms with E-state index in [1.165, 1.54) is 0 Å². The van der Waals surface area contributed by atoms with Crippen molar-refractivity contribution in [3.8, 4) is 0 Å². The summed E-state index contributed by atoms with van der Waals surface area (Å²) in [4.78, 5) is 0.539. The quantitative estimate of drug-likeness (QED) is 0.543. The van der Waals surface area contributed by atoms with Gasteiger partial charge in [-0.1, -0.05) is 40.8 Å². The Balaban J connectivity index is 2.63. The highest BCUT2D eigenvalue weighted by atomic mass is 127. The van der Waals surface area contributed by atoms with Crippen molar-refractivity contribution in [3.63, 3.8) is 0 Å². The number of halogens is 1. The van der Waals surface area contributed by atoms with Gasteiger partial charge in [-0.25, -0.2) is 8.42 Å². The Morgan fingerprint density at radius 3 is 2.79 bits per heavy atom. The fraction of sp³-hybridized carbons (Fsp3) is 0.400. The van der Waals surface area contributed by atoms with Crippen LogP contribution >= 0.6 is 22.6 Å². The molecule has 4 heteroatoms. The summed E-state index contributed by atoms with van der Waals surface area (Å²) < 4.78 is 23.8. The van der Waals surface area contributed by atoms with Crippen LogP contribution in [-0.2, 0) is 16.3 Å². The van der Waals surface area contributed by atoms with Crippen LogP contribution in [0.5, 0.6) is 0 Å². The molecular formula is C10H11IO2S. The van der Waals surface area contributed by atoms with Gasteiger partial charge >= 0.3 is 0 Å². The first-order chi connectivity index (χ1) is 6.62. The first-order valence-corrected chi connectivity index (χ1v) is 7.37. The predicted molar refractivity (Wildman–Crippen MR) is 64.4 cm³/mol. The highest BCUT2D eigenvalue weighted by molar-refractivity contribution is 14.1. The van der Waals surface area contributed by atoms with E-state index in [2.05, 4.69) is 0 Å². The molecule has 14 heavy (non-hydrogen) atoms. The van der Waals surface area contributed by atoms with E-state index in [0.717, 1.165) is 24.8 Å². The fourth-order valence-corrected chi connectivity index (χ4v) is 4.55. The third kappa shape index (κ3) is 1.69. The van der Waals surface area contributed by atoms with Crippen LogP contribution in [0.3, 0.4) is 0 Å². The topological polar surface area (TPSA) is 34.1 Å². The molecule has 1 aromatic carbocycles. The van der Waals surface area contributed by atoms with E-state index in [9.17, 15) is 8.42 Å². The van der Waals surface area contributed by atoms with Gasteiger partial charge in [-0.2, -0.15) is 0 Å². The van der Waals surface area contributed by atoms with Crippen molar-refractivity contribution in [3.05, 3.63) is 29.8 Å². The number of benzene rings is 1.